The maximum atomic E-state index is 13.9. The molecular weight excluding hydrogens is 630 g/mol. The first-order valence-electron chi connectivity index (χ1n) is 17.9. The Labute approximate surface area is 286 Å². The second-order valence-electron chi connectivity index (χ2n) is 15.5. The van der Waals surface area contributed by atoms with Gasteiger partial charge in [0.25, 0.3) is 5.91 Å². The van der Waals surface area contributed by atoms with E-state index in [4.69, 9.17) is 16.3 Å². The number of hydrogen-bond acceptors (Lipinski definition) is 6. The number of rotatable bonds is 2. The predicted octanol–water partition coefficient (Wildman–Crippen LogP) is 6.24. The van der Waals surface area contributed by atoms with Gasteiger partial charge in [-0.05, 0) is 143 Å². The van der Waals surface area contributed by atoms with Gasteiger partial charge in [-0.2, -0.15) is 0 Å². The van der Waals surface area contributed by atoms with Crippen LogP contribution in [0.4, 0.5) is 5.69 Å². The summed E-state index contributed by atoms with van der Waals surface area (Å²) in [7, 11) is -2.92. The van der Waals surface area contributed by atoms with Crippen LogP contribution >= 0.6 is 11.6 Å². The number of fused-ring (bicyclic) bond motifs is 4. The van der Waals surface area contributed by atoms with Crippen LogP contribution in [0.15, 0.2) is 36.4 Å². The number of nitrogens with zero attached hydrogens (tertiary/aromatic N) is 2. The normalized spacial score (nSPS) is 36.4. The molecule has 47 heavy (non-hydrogen) atoms. The van der Waals surface area contributed by atoms with Gasteiger partial charge in [-0.15, -0.1) is 0 Å². The van der Waals surface area contributed by atoms with Crippen LogP contribution < -0.4 is 14.4 Å². The Bertz CT molecular complexity index is 1610. The molecule has 7 atom stereocenters. The molecule has 256 valence electrons. The number of amides is 1. The third kappa shape index (κ3) is 6.44. The van der Waals surface area contributed by atoms with E-state index >= 15 is 0 Å². The molecule has 0 radical (unpaired) electrons. The molecule has 2 bridgehead atoms. The maximum absolute atomic E-state index is 13.9. The number of ether oxygens (including phenoxy) is 1. The summed E-state index contributed by atoms with van der Waals surface area (Å²) in [6, 6.07) is 11.9. The van der Waals surface area contributed by atoms with Crippen LogP contribution in [0.2, 0.25) is 5.02 Å². The Balaban J connectivity index is 1.29. The first-order chi connectivity index (χ1) is 22.5. The third-order valence-corrected chi connectivity index (χ3v) is 14.9. The fraction of sp³-hybridized carbons (Fsp3) is 0.632. The standard InChI is InChI=1S/C38H52ClN3O4S/c1-26-8-6-17-38(44,24-41-18-4-5-19-41)33-13-10-30(33)22-42-23-37(16-7-9-28-20-31(39)12-14-32(28)37)25-46-35-15-11-29(21-34(35)42)36(43)40-47(3,45)27(26)2/h11-12,14-15,20-21,26-27,30,33,44H,3-10,13,16-19,22-25H2,1-2H3,(H,40,43,45)/t26-,27+,30-,33+,37-,38+,47?/m0/s1. The predicted molar refractivity (Wildman–Crippen MR) is 192 cm³/mol. The molecule has 1 saturated carbocycles. The molecule has 9 heteroatoms. The van der Waals surface area contributed by atoms with Crippen LogP contribution in [0.3, 0.4) is 0 Å². The number of hydrogen-bond donors (Lipinski definition) is 2. The lowest BCUT2D eigenvalue weighted by Crippen LogP contribution is -2.56. The lowest BCUT2D eigenvalue weighted by molar-refractivity contribution is -0.103. The quantitative estimate of drug-likeness (QED) is 0.366. The molecule has 2 aliphatic carbocycles. The van der Waals surface area contributed by atoms with Crippen molar-refractivity contribution in [3.05, 3.63) is 58.1 Å². The highest BCUT2D eigenvalue weighted by Gasteiger charge is 2.49. The van der Waals surface area contributed by atoms with Crippen molar-refractivity contribution in [2.75, 3.05) is 44.2 Å². The molecule has 2 N–H and O–H groups in total. The van der Waals surface area contributed by atoms with Gasteiger partial charge >= 0.3 is 0 Å². The molecule has 3 aliphatic heterocycles. The summed E-state index contributed by atoms with van der Waals surface area (Å²) in [4.78, 5) is 18.6. The van der Waals surface area contributed by atoms with Crippen LogP contribution in [0.5, 0.6) is 5.75 Å². The highest BCUT2D eigenvalue weighted by atomic mass is 35.5. The number of aliphatic hydroxyl groups is 1. The number of likely N-dealkylation sites (tertiary alicyclic amines) is 1. The zero-order chi connectivity index (χ0) is 33.0. The van der Waals surface area contributed by atoms with Crippen molar-refractivity contribution >= 4 is 38.8 Å². The van der Waals surface area contributed by atoms with E-state index in [9.17, 15) is 14.1 Å². The van der Waals surface area contributed by atoms with Gasteiger partial charge in [0.2, 0.25) is 0 Å². The number of aryl methyl sites for hydroxylation is 1. The zero-order valence-corrected chi connectivity index (χ0v) is 29.7. The van der Waals surface area contributed by atoms with Crippen molar-refractivity contribution in [3.63, 3.8) is 0 Å². The van der Waals surface area contributed by atoms with Crippen LogP contribution in [0.1, 0.15) is 93.1 Å². The van der Waals surface area contributed by atoms with Crippen LogP contribution in [0.25, 0.3) is 0 Å². The van der Waals surface area contributed by atoms with Gasteiger partial charge in [0, 0.05) is 40.9 Å². The summed E-state index contributed by atoms with van der Waals surface area (Å²) in [5.74, 6) is 5.06. The molecule has 7 rings (SSSR count). The molecule has 2 aromatic carbocycles. The minimum atomic E-state index is -2.92. The van der Waals surface area contributed by atoms with Gasteiger partial charge in [0.15, 0.2) is 0 Å². The number of nitrogens with one attached hydrogen (secondary N) is 1. The van der Waals surface area contributed by atoms with Gasteiger partial charge in [0.05, 0.1) is 27.6 Å². The first kappa shape index (κ1) is 33.2. The van der Waals surface area contributed by atoms with E-state index in [2.05, 4.69) is 39.4 Å². The average molecular weight is 682 g/mol. The Hall–Kier alpha value is -2.26. The second kappa shape index (κ2) is 12.9. The molecule has 5 aliphatic rings. The van der Waals surface area contributed by atoms with E-state index in [0.717, 1.165) is 101 Å². The minimum absolute atomic E-state index is 0.0850. The average Bonchev–Trinajstić information content (AvgIpc) is 3.47. The Morgan fingerprint density at radius 1 is 1.06 bits per heavy atom. The van der Waals surface area contributed by atoms with Crippen molar-refractivity contribution in [2.24, 2.45) is 17.8 Å². The molecular formula is C38H52ClN3O4S. The van der Waals surface area contributed by atoms with Crippen molar-refractivity contribution in [1.82, 2.24) is 9.62 Å². The largest absolute Gasteiger partial charge is 0.490 e. The zero-order valence-electron chi connectivity index (χ0n) is 28.1. The van der Waals surface area contributed by atoms with Crippen LogP contribution in [-0.4, -0.2) is 76.2 Å². The Morgan fingerprint density at radius 3 is 2.64 bits per heavy atom. The number of carbonyl (C=O) groups excluding carboxylic acids is 1. The smallest absolute Gasteiger partial charge is 0.262 e. The lowest BCUT2D eigenvalue weighted by atomic mass is 9.62. The van der Waals surface area contributed by atoms with E-state index in [1.165, 1.54) is 24.0 Å². The van der Waals surface area contributed by atoms with Crippen molar-refractivity contribution in [2.45, 2.75) is 94.3 Å². The highest BCUT2D eigenvalue weighted by molar-refractivity contribution is 7.99. The van der Waals surface area contributed by atoms with E-state index in [0.29, 0.717) is 18.1 Å². The number of halogens is 1. The van der Waals surface area contributed by atoms with E-state index in [-0.39, 0.29) is 28.4 Å². The summed E-state index contributed by atoms with van der Waals surface area (Å²) in [6.07, 6.45) is 9.99. The summed E-state index contributed by atoms with van der Waals surface area (Å²) in [6.45, 7) is 8.97. The Morgan fingerprint density at radius 2 is 1.87 bits per heavy atom. The summed E-state index contributed by atoms with van der Waals surface area (Å²) in [5.41, 5.74) is 2.96. The molecule has 1 saturated heterocycles. The van der Waals surface area contributed by atoms with Gasteiger partial charge < -0.3 is 19.6 Å². The fourth-order valence-corrected chi connectivity index (χ4v) is 11.1. The van der Waals surface area contributed by atoms with Gasteiger partial charge in [0.1, 0.15) is 5.75 Å². The van der Waals surface area contributed by atoms with Crippen molar-refractivity contribution in [1.29, 1.82) is 0 Å². The molecule has 2 aromatic rings. The van der Waals surface area contributed by atoms with E-state index in [1.807, 2.05) is 25.1 Å². The van der Waals surface area contributed by atoms with Gasteiger partial charge in [-0.3, -0.25) is 9.52 Å². The van der Waals surface area contributed by atoms with Gasteiger partial charge in [-0.1, -0.05) is 31.0 Å². The van der Waals surface area contributed by atoms with Crippen molar-refractivity contribution in [3.8, 4) is 5.75 Å². The SMILES string of the molecule is C=S1(=O)NC(=O)c2ccc3c(c2)N(C[C@@H]2CC[C@H]2[C@](O)(CN2CCCC2)CCC[C@H](C)[C@H]1C)C[C@@]1(CCCc2cc(Cl)ccc21)CO3. The van der Waals surface area contributed by atoms with Crippen molar-refractivity contribution < 1.29 is 18.8 Å². The highest BCUT2D eigenvalue weighted by Crippen LogP contribution is 2.49. The van der Waals surface area contributed by atoms with Crippen LogP contribution in [-0.2, 0) is 21.5 Å². The van der Waals surface area contributed by atoms with Crippen LogP contribution in [0, 0.1) is 17.8 Å². The molecule has 1 spiro atoms. The molecule has 1 amide bonds. The molecule has 7 nitrogen and oxygen atoms in total. The first-order valence-corrected chi connectivity index (χ1v) is 20.1. The third-order valence-electron chi connectivity index (χ3n) is 12.5. The number of benzene rings is 2. The summed E-state index contributed by atoms with van der Waals surface area (Å²) >= 11 is 6.47. The number of anilines is 1. The number of β-amino-alcohol motifs (C(OH)–C–C–N with tert-alkyl or cyclic N) is 1. The van der Waals surface area contributed by atoms with E-state index in [1.54, 1.807) is 6.07 Å². The number of carbonyl (C=O) groups is 1. The topological polar surface area (TPSA) is 82.1 Å². The monoisotopic (exact) mass is 681 g/mol. The summed E-state index contributed by atoms with van der Waals surface area (Å²) < 4.78 is 23.4. The molecule has 2 fully saturated rings. The lowest BCUT2D eigenvalue weighted by Gasteiger charge is -2.51. The Kier molecular flexibility index (Phi) is 9.12. The molecule has 1 unspecified atom stereocenters. The maximum Gasteiger partial charge on any atom is 0.262 e. The second-order valence-corrected chi connectivity index (χ2v) is 18.4. The summed E-state index contributed by atoms with van der Waals surface area (Å²) in [5, 5.41) is 13.1. The minimum Gasteiger partial charge on any atom is -0.490 e. The molecule has 0 aromatic heterocycles. The molecule has 3 heterocycles. The fourth-order valence-electron chi connectivity index (χ4n) is 9.39. The van der Waals surface area contributed by atoms with E-state index < -0.39 is 15.3 Å². The van der Waals surface area contributed by atoms with Gasteiger partial charge in [-0.25, -0.2) is 4.21 Å².